The van der Waals surface area contributed by atoms with Crippen LogP contribution >= 0.6 is 11.8 Å². The average Bonchev–Trinajstić information content (AvgIpc) is 3.41. The van der Waals surface area contributed by atoms with Crippen LogP contribution in [0.2, 0.25) is 0 Å². The van der Waals surface area contributed by atoms with Crippen molar-refractivity contribution in [1.29, 1.82) is 5.26 Å². The van der Waals surface area contributed by atoms with Gasteiger partial charge in [0.1, 0.15) is 6.07 Å². The van der Waals surface area contributed by atoms with E-state index in [4.69, 9.17) is 9.47 Å². The largest absolute Gasteiger partial charge is 0.454 e. The SMILES string of the molecule is Cc1cc(S[C@H](C)C(=O)NCc2ccc3c(c2)OCO3)n2c(nc3ccccc32)c1C#N. The van der Waals surface area contributed by atoms with E-state index in [2.05, 4.69) is 16.4 Å². The number of ether oxygens (including phenoxy) is 2. The van der Waals surface area contributed by atoms with Gasteiger partial charge in [0.05, 0.1) is 26.9 Å². The molecule has 0 bridgehead atoms. The lowest BCUT2D eigenvalue weighted by molar-refractivity contribution is -0.120. The molecule has 0 aliphatic carbocycles. The number of benzene rings is 2. The van der Waals surface area contributed by atoms with Crippen LogP contribution < -0.4 is 14.8 Å². The van der Waals surface area contributed by atoms with E-state index in [-0.39, 0.29) is 18.0 Å². The molecule has 1 atom stereocenters. The minimum absolute atomic E-state index is 0.0766. The Hall–Kier alpha value is -3.70. The Balaban J connectivity index is 1.39. The number of rotatable bonds is 5. The molecule has 0 unspecified atom stereocenters. The first-order valence-corrected chi connectivity index (χ1v) is 11.1. The molecule has 4 aromatic rings. The molecule has 0 saturated heterocycles. The van der Waals surface area contributed by atoms with Crippen molar-refractivity contribution in [2.75, 3.05) is 6.79 Å². The van der Waals surface area contributed by atoms with E-state index in [0.717, 1.165) is 32.9 Å². The number of amides is 1. The van der Waals surface area contributed by atoms with Crippen molar-refractivity contribution in [3.63, 3.8) is 0 Å². The van der Waals surface area contributed by atoms with Gasteiger partial charge in [-0.25, -0.2) is 4.98 Å². The predicted molar refractivity (Wildman–Crippen MR) is 122 cm³/mol. The summed E-state index contributed by atoms with van der Waals surface area (Å²) in [6.07, 6.45) is 0. The van der Waals surface area contributed by atoms with Crippen molar-refractivity contribution in [2.45, 2.75) is 30.7 Å². The number of thioether (sulfide) groups is 1. The third-order valence-electron chi connectivity index (χ3n) is 5.42. The van der Waals surface area contributed by atoms with E-state index in [0.29, 0.717) is 23.5 Å². The van der Waals surface area contributed by atoms with Gasteiger partial charge in [-0.05, 0) is 55.3 Å². The van der Waals surface area contributed by atoms with Crippen LogP contribution in [0.1, 0.15) is 23.6 Å². The monoisotopic (exact) mass is 444 g/mol. The molecule has 8 heteroatoms. The van der Waals surface area contributed by atoms with Crippen molar-refractivity contribution in [3.05, 3.63) is 65.2 Å². The maximum absolute atomic E-state index is 12.8. The van der Waals surface area contributed by atoms with Gasteiger partial charge in [0.2, 0.25) is 12.7 Å². The molecule has 1 aliphatic rings. The second-order valence-electron chi connectivity index (χ2n) is 7.58. The summed E-state index contributed by atoms with van der Waals surface area (Å²) in [5.41, 5.74) is 4.67. The number of nitrogens with zero attached hydrogens (tertiary/aromatic N) is 3. The third kappa shape index (κ3) is 3.51. The number of pyridine rings is 1. The quantitative estimate of drug-likeness (QED) is 0.464. The summed E-state index contributed by atoms with van der Waals surface area (Å²) >= 11 is 1.45. The normalized spacial score (nSPS) is 13.3. The molecule has 3 heterocycles. The van der Waals surface area contributed by atoms with E-state index in [1.807, 2.05) is 66.8 Å². The second-order valence-corrected chi connectivity index (χ2v) is 8.94. The minimum atomic E-state index is -0.347. The van der Waals surface area contributed by atoms with Gasteiger partial charge in [0.25, 0.3) is 0 Å². The molecular formula is C24H20N4O3S. The molecule has 0 spiro atoms. The highest BCUT2D eigenvalue weighted by Gasteiger charge is 2.20. The Labute approximate surface area is 189 Å². The molecule has 1 aliphatic heterocycles. The van der Waals surface area contributed by atoms with Crippen molar-refractivity contribution in [3.8, 4) is 17.6 Å². The molecule has 160 valence electrons. The highest BCUT2D eigenvalue weighted by molar-refractivity contribution is 8.00. The van der Waals surface area contributed by atoms with Crippen LogP contribution in [0, 0.1) is 18.3 Å². The standard InChI is InChI=1S/C24H20N4O3S/c1-14-9-22(28-19-6-4-3-5-18(19)27-23(28)17(14)11-25)32-15(2)24(29)26-12-16-7-8-20-21(10-16)31-13-30-20/h3-10,15H,12-13H2,1-2H3,(H,26,29)/t15-/m1/s1. The Bertz CT molecular complexity index is 1410. The van der Waals surface area contributed by atoms with Gasteiger partial charge in [-0.1, -0.05) is 30.0 Å². The maximum atomic E-state index is 12.8. The van der Waals surface area contributed by atoms with Crippen LogP contribution in [-0.2, 0) is 11.3 Å². The number of carbonyl (C=O) groups excluding carboxylic acids is 1. The highest BCUT2D eigenvalue weighted by atomic mass is 32.2. The summed E-state index contributed by atoms with van der Waals surface area (Å²) in [5, 5.41) is 13.2. The van der Waals surface area contributed by atoms with Crippen LogP contribution in [-0.4, -0.2) is 27.3 Å². The number of imidazole rings is 1. The van der Waals surface area contributed by atoms with Gasteiger partial charge in [0, 0.05) is 6.54 Å². The molecule has 5 rings (SSSR count). The fourth-order valence-corrected chi connectivity index (χ4v) is 4.85. The number of aryl methyl sites for hydroxylation is 1. The number of hydrogen-bond donors (Lipinski definition) is 1. The zero-order valence-electron chi connectivity index (χ0n) is 17.6. The molecule has 0 radical (unpaired) electrons. The molecule has 2 aromatic carbocycles. The second kappa shape index (κ2) is 8.09. The summed E-state index contributed by atoms with van der Waals surface area (Å²) in [6, 6.07) is 17.6. The molecule has 1 N–H and O–H groups in total. The number of aromatic nitrogens is 2. The van der Waals surface area contributed by atoms with Gasteiger partial charge < -0.3 is 14.8 Å². The number of para-hydroxylation sites is 2. The van der Waals surface area contributed by atoms with Gasteiger partial charge in [-0.3, -0.25) is 9.20 Å². The lowest BCUT2D eigenvalue weighted by atomic mass is 10.2. The molecule has 1 amide bonds. The van der Waals surface area contributed by atoms with Crippen LogP contribution in [0.5, 0.6) is 11.5 Å². The van der Waals surface area contributed by atoms with Crippen molar-refractivity contribution in [1.82, 2.24) is 14.7 Å². The highest BCUT2D eigenvalue weighted by Crippen LogP contribution is 2.33. The van der Waals surface area contributed by atoms with E-state index in [1.165, 1.54) is 11.8 Å². The molecule has 7 nitrogen and oxygen atoms in total. The number of fused-ring (bicyclic) bond motifs is 4. The summed E-state index contributed by atoms with van der Waals surface area (Å²) in [7, 11) is 0. The van der Waals surface area contributed by atoms with E-state index in [1.54, 1.807) is 0 Å². The third-order valence-corrected chi connectivity index (χ3v) is 6.53. The van der Waals surface area contributed by atoms with Crippen LogP contribution in [0.25, 0.3) is 16.7 Å². The Morgan fingerprint density at radius 3 is 2.91 bits per heavy atom. The van der Waals surface area contributed by atoms with Crippen LogP contribution in [0.15, 0.2) is 53.6 Å². The van der Waals surface area contributed by atoms with Crippen molar-refractivity contribution in [2.24, 2.45) is 0 Å². The molecule has 0 saturated carbocycles. The number of carbonyl (C=O) groups is 1. The number of nitriles is 1. The first-order chi connectivity index (χ1) is 15.5. The number of nitrogens with one attached hydrogen (secondary N) is 1. The van der Waals surface area contributed by atoms with Gasteiger partial charge in [-0.2, -0.15) is 5.26 Å². The van der Waals surface area contributed by atoms with E-state index in [9.17, 15) is 10.1 Å². The lowest BCUT2D eigenvalue weighted by Crippen LogP contribution is -2.30. The zero-order chi connectivity index (χ0) is 22.2. The molecule has 32 heavy (non-hydrogen) atoms. The van der Waals surface area contributed by atoms with Gasteiger partial charge in [0.15, 0.2) is 17.1 Å². The minimum Gasteiger partial charge on any atom is -0.454 e. The summed E-state index contributed by atoms with van der Waals surface area (Å²) < 4.78 is 12.7. The lowest BCUT2D eigenvalue weighted by Gasteiger charge is -2.15. The summed E-state index contributed by atoms with van der Waals surface area (Å²) in [4.78, 5) is 17.5. The Morgan fingerprint density at radius 2 is 2.06 bits per heavy atom. The van der Waals surface area contributed by atoms with Crippen LogP contribution in [0.4, 0.5) is 0 Å². The zero-order valence-corrected chi connectivity index (χ0v) is 18.4. The average molecular weight is 445 g/mol. The van der Waals surface area contributed by atoms with Gasteiger partial charge in [-0.15, -0.1) is 0 Å². The topological polar surface area (TPSA) is 88.7 Å². The van der Waals surface area contributed by atoms with E-state index >= 15 is 0 Å². The first kappa shape index (κ1) is 20.2. The smallest absolute Gasteiger partial charge is 0.233 e. The Kier molecular flexibility index (Phi) is 5.11. The maximum Gasteiger partial charge on any atom is 0.233 e. The first-order valence-electron chi connectivity index (χ1n) is 10.2. The van der Waals surface area contributed by atoms with E-state index < -0.39 is 0 Å². The van der Waals surface area contributed by atoms with Gasteiger partial charge >= 0.3 is 0 Å². The molecular weight excluding hydrogens is 424 g/mol. The fourth-order valence-electron chi connectivity index (χ4n) is 3.76. The van der Waals surface area contributed by atoms with Crippen LogP contribution in [0.3, 0.4) is 0 Å². The fraction of sp³-hybridized carbons (Fsp3) is 0.208. The Morgan fingerprint density at radius 1 is 1.25 bits per heavy atom. The summed E-state index contributed by atoms with van der Waals surface area (Å²) in [6.45, 7) is 4.39. The van der Waals surface area contributed by atoms with Crippen molar-refractivity contribution >= 4 is 34.3 Å². The predicted octanol–water partition coefficient (Wildman–Crippen LogP) is 4.19. The summed E-state index contributed by atoms with van der Waals surface area (Å²) in [5.74, 6) is 1.34. The molecule has 2 aromatic heterocycles. The number of hydrogen-bond acceptors (Lipinski definition) is 6. The van der Waals surface area contributed by atoms with Crippen molar-refractivity contribution < 1.29 is 14.3 Å². The molecule has 0 fully saturated rings.